The SMILES string of the molecule is CCC(CC)(CN)NC(=O)C(C)Oc1cccc(C)c1.Cl. The predicted octanol–water partition coefficient (Wildman–Crippen LogP) is 2.82. The number of ether oxygens (including phenoxy) is 1. The molecule has 0 spiro atoms. The summed E-state index contributed by atoms with van der Waals surface area (Å²) >= 11 is 0. The maximum atomic E-state index is 12.2. The van der Waals surface area contributed by atoms with Gasteiger partial charge in [-0.25, -0.2) is 0 Å². The quantitative estimate of drug-likeness (QED) is 0.813. The largest absolute Gasteiger partial charge is 0.481 e. The Morgan fingerprint density at radius 3 is 2.48 bits per heavy atom. The van der Waals surface area contributed by atoms with E-state index in [9.17, 15) is 4.79 Å². The predicted molar refractivity (Wildman–Crippen MR) is 89.0 cm³/mol. The van der Waals surface area contributed by atoms with Crippen LogP contribution in [0, 0.1) is 6.92 Å². The average molecular weight is 315 g/mol. The van der Waals surface area contributed by atoms with E-state index in [2.05, 4.69) is 5.32 Å². The molecule has 1 aromatic rings. The summed E-state index contributed by atoms with van der Waals surface area (Å²) in [5.41, 5.74) is 6.57. The molecule has 0 radical (unpaired) electrons. The van der Waals surface area contributed by atoms with E-state index in [1.54, 1.807) is 6.92 Å². The van der Waals surface area contributed by atoms with Gasteiger partial charge in [0.25, 0.3) is 5.91 Å². The summed E-state index contributed by atoms with van der Waals surface area (Å²) in [6.07, 6.45) is 1.08. The molecule has 3 N–H and O–H groups in total. The number of amides is 1. The zero-order chi connectivity index (χ0) is 15.2. The summed E-state index contributed by atoms with van der Waals surface area (Å²) in [7, 11) is 0. The second-order valence-electron chi connectivity index (χ2n) is 5.26. The highest BCUT2D eigenvalue weighted by atomic mass is 35.5. The molecule has 0 aliphatic heterocycles. The molecule has 5 heteroatoms. The summed E-state index contributed by atoms with van der Waals surface area (Å²) in [6, 6.07) is 7.68. The number of nitrogens with two attached hydrogens (primary N) is 1. The Bertz CT molecular complexity index is 439. The Labute approximate surface area is 133 Å². The van der Waals surface area contributed by atoms with Crippen molar-refractivity contribution in [2.24, 2.45) is 5.73 Å². The standard InChI is InChI=1S/C16H26N2O2.ClH/c1-5-16(6-2,11-17)18-15(19)13(4)20-14-9-7-8-12(3)10-14;/h7-10,13H,5-6,11,17H2,1-4H3,(H,18,19);1H. The molecule has 0 aliphatic carbocycles. The minimum atomic E-state index is -0.541. The van der Waals surface area contributed by atoms with Crippen molar-refractivity contribution >= 4 is 18.3 Å². The molecule has 1 amide bonds. The molecular formula is C16H27ClN2O2. The van der Waals surface area contributed by atoms with Crippen molar-refractivity contribution in [2.45, 2.75) is 52.2 Å². The van der Waals surface area contributed by atoms with Crippen LogP contribution in [0.1, 0.15) is 39.2 Å². The van der Waals surface area contributed by atoms with Crippen LogP contribution < -0.4 is 15.8 Å². The van der Waals surface area contributed by atoms with E-state index in [1.807, 2.05) is 45.0 Å². The van der Waals surface area contributed by atoms with Crippen LogP contribution in [0.15, 0.2) is 24.3 Å². The molecule has 0 saturated carbocycles. The van der Waals surface area contributed by atoms with Crippen molar-refractivity contribution < 1.29 is 9.53 Å². The number of aryl methyl sites for hydroxylation is 1. The van der Waals surface area contributed by atoms with Gasteiger partial charge in [0.15, 0.2) is 6.10 Å². The molecule has 21 heavy (non-hydrogen) atoms. The molecule has 1 rings (SSSR count). The van der Waals surface area contributed by atoms with E-state index in [1.165, 1.54) is 0 Å². The third kappa shape index (κ3) is 5.56. The Morgan fingerprint density at radius 1 is 1.38 bits per heavy atom. The Morgan fingerprint density at radius 2 is 2.00 bits per heavy atom. The summed E-state index contributed by atoms with van der Waals surface area (Å²) in [5.74, 6) is 0.583. The molecule has 0 fully saturated rings. The molecule has 0 saturated heterocycles. The summed E-state index contributed by atoms with van der Waals surface area (Å²) in [6.45, 7) is 8.24. The van der Waals surface area contributed by atoms with Crippen LogP contribution in [0.25, 0.3) is 0 Å². The van der Waals surface area contributed by atoms with Crippen molar-refractivity contribution in [2.75, 3.05) is 6.54 Å². The molecule has 0 aliphatic rings. The number of benzene rings is 1. The zero-order valence-electron chi connectivity index (χ0n) is 13.3. The Kier molecular flexibility index (Phi) is 8.37. The number of halogens is 1. The second kappa shape index (κ2) is 8.90. The van der Waals surface area contributed by atoms with E-state index in [0.717, 1.165) is 18.4 Å². The number of nitrogens with one attached hydrogen (secondary N) is 1. The maximum Gasteiger partial charge on any atom is 0.261 e. The number of hydrogen-bond acceptors (Lipinski definition) is 3. The lowest BCUT2D eigenvalue weighted by atomic mass is 9.92. The van der Waals surface area contributed by atoms with Crippen LogP contribution in [-0.4, -0.2) is 24.1 Å². The second-order valence-corrected chi connectivity index (χ2v) is 5.26. The van der Waals surface area contributed by atoms with Gasteiger partial charge in [-0.3, -0.25) is 4.79 Å². The van der Waals surface area contributed by atoms with Crippen molar-refractivity contribution in [1.29, 1.82) is 0 Å². The highest BCUT2D eigenvalue weighted by Crippen LogP contribution is 2.16. The lowest BCUT2D eigenvalue weighted by molar-refractivity contribution is -0.129. The van der Waals surface area contributed by atoms with Gasteiger partial charge in [-0.15, -0.1) is 12.4 Å². The van der Waals surface area contributed by atoms with Gasteiger partial charge in [0, 0.05) is 6.54 Å². The van der Waals surface area contributed by atoms with Gasteiger partial charge in [-0.1, -0.05) is 26.0 Å². The third-order valence-electron chi connectivity index (χ3n) is 3.80. The first-order valence-corrected chi connectivity index (χ1v) is 7.21. The Balaban J connectivity index is 0.00000400. The molecule has 1 aromatic carbocycles. The Hall–Kier alpha value is -1.26. The van der Waals surface area contributed by atoms with Crippen LogP contribution in [0.5, 0.6) is 5.75 Å². The zero-order valence-corrected chi connectivity index (χ0v) is 14.1. The third-order valence-corrected chi connectivity index (χ3v) is 3.80. The first-order valence-electron chi connectivity index (χ1n) is 7.21. The van der Waals surface area contributed by atoms with Gasteiger partial charge in [0.2, 0.25) is 0 Å². The molecule has 4 nitrogen and oxygen atoms in total. The molecule has 120 valence electrons. The molecule has 1 atom stereocenters. The van der Waals surface area contributed by atoms with E-state index >= 15 is 0 Å². The first kappa shape index (κ1) is 19.7. The first-order chi connectivity index (χ1) is 9.46. The summed E-state index contributed by atoms with van der Waals surface area (Å²) in [4.78, 5) is 12.2. The van der Waals surface area contributed by atoms with Gasteiger partial charge < -0.3 is 15.8 Å². The fourth-order valence-corrected chi connectivity index (χ4v) is 2.08. The number of carbonyl (C=O) groups is 1. The fraction of sp³-hybridized carbons (Fsp3) is 0.562. The molecule has 0 aromatic heterocycles. The van der Waals surface area contributed by atoms with Gasteiger partial charge in [-0.2, -0.15) is 0 Å². The topological polar surface area (TPSA) is 64.3 Å². The molecule has 1 unspecified atom stereocenters. The van der Waals surface area contributed by atoms with Crippen LogP contribution in [0.3, 0.4) is 0 Å². The minimum absolute atomic E-state index is 0. The molecular weight excluding hydrogens is 288 g/mol. The van der Waals surface area contributed by atoms with E-state index in [0.29, 0.717) is 12.3 Å². The van der Waals surface area contributed by atoms with E-state index < -0.39 is 6.10 Å². The van der Waals surface area contributed by atoms with Gasteiger partial charge in [0.05, 0.1) is 5.54 Å². The van der Waals surface area contributed by atoms with Crippen molar-refractivity contribution in [1.82, 2.24) is 5.32 Å². The normalized spacial score (nSPS) is 12.2. The maximum absolute atomic E-state index is 12.2. The van der Waals surface area contributed by atoms with Crippen molar-refractivity contribution in [3.8, 4) is 5.75 Å². The highest BCUT2D eigenvalue weighted by molar-refractivity contribution is 5.85. The van der Waals surface area contributed by atoms with Gasteiger partial charge in [0.1, 0.15) is 5.75 Å². The van der Waals surface area contributed by atoms with Crippen molar-refractivity contribution in [3.63, 3.8) is 0 Å². The number of hydrogen-bond donors (Lipinski definition) is 2. The number of carbonyl (C=O) groups excluding carboxylic acids is 1. The van der Waals surface area contributed by atoms with Crippen LogP contribution in [0.2, 0.25) is 0 Å². The van der Waals surface area contributed by atoms with E-state index in [4.69, 9.17) is 10.5 Å². The van der Waals surface area contributed by atoms with E-state index in [-0.39, 0.29) is 23.9 Å². The average Bonchev–Trinajstić information content (AvgIpc) is 2.44. The van der Waals surface area contributed by atoms with Gasteiger partial charge >= 0.3 is 0 Å². The molecule has 0 heterocycles. The van der Waals surface area contributed by atoms with Crippen LogP contribution >= 0.6 is 12.4 Å². The lowest BCUT2D eigenvalue weighted by Gasteiger charge is -2.32. The summed E-state index contributed by atoms with van der Waals surface area (Å²) < 4.78 is 5.68. The highest BCUT2D eigenvalue weighted by Gasteiger charge is 2.28. The lowest BCUT2D eigenvalue weighted by Crippen LogP contribution is -2.55. The van der Waals surface area contributed by atoms with Crippen molar-refractivity contribution in [3.05, 3.63) is 29.8 Å². The summed E-state index contributed by atoms with van der Waals surface area (Å²) in [5, 5.41) is 3.03. The fourth-order valence-electron chi connectivity index (χ4n) is 2.08. The smallest absolute Gasteiger partial charge is 0.261 e. The molecule has 0 bridgehead atoms. The number of rotatable bonds is 7. The minimum Gasteiger partial charge on any atom is -0.481 e. The van der Waals surface area contributed by atoms with Crippen LogP contribution in [-0.2, 0) is 4.79 Å². The van der Waals surface area contributed by atoms with Gasteiger partial charge in [-0.05, 0) is 44.4 Å². The van der Waals surface area contributed by atoms with Crippen LogP contribution in [0.4, 0.5) is 0 Å². The monoisotopic (exact) mass is 314 g/mol.